The zero-order valence-corrected chi connectivity index (χ0v) is 9.48. The van der Waals surface area contributed by atoms with E-state index in [2.05, 4.69) is 23.2 Å². The second-order valence-corrected chi connectivity index (χ2v) is 4.13. The van der Waals surface area contributed by atoms with Crippen molar-refractivity contribution in [3.05, 3.63) is 16.8 Å². The SMILES string of the molecule is CCCSc1nnc(C)c(C)c1C#N. The molecule has 3 nitrogen and oxygen atoms in total. The van der Waals surface area contributed by atoms with Crippen molar-refractivity contribution in [2.24, 2.45) is 0 Å². The minimum atomic E-state index is 0.677. The average molecular weight is 207 g/mol. The summed E-state index contributed by atoms with van der Waals surface area (Å²) in [6.07, 6.45) is 1.07. The van der Waals surface area contributed by atoms with Gasteiger partial charge in [0.15, 0.2) is 0 Å². The third-order valence-corrected chi connectivity index (χ3v) is 3.15. The number of aryl methyl sites for hydroxylation is 1. The lowest BCUT2D eigenvalue weighted by Gasteiger charge is -2.05. The first kappa shape index (κ1) is 11.0. The average Bonchev–Trinajstić information content (AvgIpc) is 2.20. The van der Waals surface area contributed by atoms with Crippen LogP contribution < -0.4 is 0 Å². The summed E-state index contributed by atoms with van der Waals surface area (Å²) in [4.78, 5) is 0. The third-order valence-electron chi connectivity index (χ3n) is 1.98. The van der Waals surface area contributed by atoms with Crippen molar-refractivity contribution >= 4 is 11.8 Å². The molecule has 4 heteroatoms. The Kier molecular flexibility index (Phi) is 3.90. The van der Waals surface area contributed by atoms with Gasteiger partial charge >= 0.3 is 0 Å². The lowest BCUT2D eigenvalue weighted by Crippen LogP contribution is -1.99. The molecule has 0 aliphatic carbocycles. The van der Waals surface area contributed by atoms with Crippen molar-refractivity contribution in [3.63, 3.8) is 0 Å². The smallest absolute Gasteiger partial charge is 0.137 e. The van der Waals surface area contributed by atoms with E-state index in [0.717, 1.165) is 28.5 Å². The molecule has 1 aromatic heterocycles. The largest absolute Gasteiger partial charge is 0.192 e. The molecule has 14 heavy (non-hydrogen) atoms. The van der Waals surface area contributed by atoms with Gasteiger partial charge < -0.3 is 0 Å². The highest BCUT2D eigenvalue weighted by molar-refractivity contribution is 7.99. The molecule has 0 aliphatic rings. The van der Waals surface area contributed by atoms with Gasteiger partial charge in [0.25, 0.3) is 0 Å². The Morgan fingerprint density at radius 2 is 2.07 bits per heavy atom. The van der Waals surface area contributed by atoms with Crippen LogP contribution in [0.1, 0.15) is 30.2 Å². The van der Waals surface area contributed by atoms with Gasteiger partial charge in [0, 0.05) is 0 Å². The van der Waals surface area contributed by atoms with Crippen LogP contribution in [-0.4, -0.2) is 16.0 Å². The fourth-order valence-electron chi connectivity index (χ4n) is 1.02. The number of aromatic nitrogens is 2. The monoisotopic (exact) mass is 207 g/mol. The number of thioether (sulfide) groups is 1. The van der Waals surface area contributed by atoms with E-state index in [-0.39, 0.29) is 0 Å². The summed E-state index contributed by atoms with van der Waals surface area (Å²) >= 11 is 1.60. The molecule has 0 fully saturated rings. The fraction of sp³-hybridized carbons (Fsp3) is 0.500. The standard InChI is InChI=1S/C10H13N3S/c1-4-5-14-10-9(6-11)7(2)8(3)12-13-10/h4-5H2,1-3H3. The number of nitriles is 1. The van der Waals surface area contributed by atoms with Crippen molar-refractivity contribution < 1.29 is 0 Å². The highest BCUT2D eigenvalue weighted by atomic mass is 32.2. The highest BCUT2D eigenvalue weighted by Crippen LogP contribution is 2.23. The molecule has 0 radical (unpaired) electrons. The molecule has 1 aromatic rings. The number of nitrogens with zero attached hydrogens (tertiary/aromatic N) is 3. The quantitative estimate of drug-likeness (QED) is 0.714. The van der Waals surface area contributed by atoms with Gasteiger partial charge in [-0.3, -0.25) is 0 Å². The molecule has 0 atom stereocenters. The molecule has 0 N–H and O–H groups in total. The molecule has 0 spiro atoms. The van der Waals surface area contributed by atoms with Crippen LogP contribution >= 0.6 is 11.8 Å². The maximum absolute atomic E-state index is 8.99. The Bertz CT molecular complexity index is 368. The molecule has 0 saturated heterocycles. The predicted octanol–water partition coefficient (Wildman–Crippen LogP) is 2.47. The van der Waals surface area contributed by atoms with Crippen molar-refractivity contribution in [1.29, 1.82) is 5.26 Å². The lowest BCUT2D eigenvalue weighted by molar-refractivity contribution is 0.870. The first-order valence-electron chi connectivity index (χ1n) is 4.57. The molecule has 0 unspecified atom stereocenters. The normalized spacial score (nSPS) is 9.86. The third kappa shape index (κ3) is 2.24. The molecule has 0 saturated carbocycles. The molecule has 0 aliphatic heterocycles. The fourth-order valence-corrected chi connectivity index (χ4v) is 1.86. The topological polar surface area (TPSA) is 49.6 Å². The van der Waals surface area contributed by atoms with Crippen LogP contribution in [0.2, 0.25) is 0 Å². The van der Waals surface area contributed by atoms with E-state index in [0.29, 0.717) is 5.56 Å². The van der Waals surface area contributed by atoms with Gasteiger partial charge in [0.05, 0.1) is 11.3 Å². The minimum Gasteiger partial charge on any atom is -0.192 e. The highest BCUT2D eigenvalue weighted by Gasteiger charge is 2.10. The Balaban J connectivity index is 3.06. The summed E-state index contributed by atoms with van der Waals surface area (Å²) in [5.74, 6) is 0.978. The Morgan fingerprint density at radius 1 is 1.36 bits per heavy atom. The zero-order chi connectivity index (χ0) is 10.6. The zero-order valence-electron chi connectivity index (χ0n) is 8.66. The van der Waals surface area contributed by atoms with Gasteiger partial charge in [-0.05, 0) is 31.6 Å². The van der Waals surface area contributed by atoms with Crippen molar-refractivity contribution in [1.82, 2.24) is 10.2 Å². The van der Waals surface area contributed by atoms with Crippen molar-refractivity contribution in [2.45, 2.75) is 32.2 Å². The Labute approximate surface area is 88.5 Å². The predicted molar refractivity (Wildman–Crippen MR) is 57.2 cm³/mol. The van der Waals surface area contributed by atoms with Gasteiger partial charge in [-0.25, -0.2) is 0 Å². The van der Waals surface area contributed by atoms with Crippen LogP contribution in [-0.2, 0) is 0 Å². The van der Waals surface area contributed by atoms with Crippen LogP contribution in [0.25, 0.3) is 0 Å². The molecular formula is C10H13N3S. The Morgan fingerprint density at radius 3 is 2.64 bits per heavy atom. The van der Waals surface area contributed by atoms with Crippen molar-refractivity contribution in [2.75, 3.05) is 5.75 Å². The van der Waals surface area contributed by atoms with Gasteiger partial charge in [-0.1, -0.05) is 6.92 Å². The summed E-state index contributed by atoms with van der Waals surface area (Å²) in [5, 5.41) is 17.8. The van der Waals surface area contributed by atoms with E-state index in [1.807, 2.05) is 13.8 Å². The van der Waals surface area contributed by atoms with E-state index < -0.39 is 0 Å². The van der Waals surface area contributed by atoms with E-state index in [9.17, 15) is 0 Å². The molecule has 0 bridgehead atoms. The van der Waals surface area contributed by atoms with Crippen LogP contribution in [0.5, 0.6) is 0 Å². The van der Waals surface area contributed by atoms with Crippen LogP contribution in [0.4, 0.5) is 0 Å². The molecule has 74 valence electrons. The van der Waals surface area contributed by atoms with Gasteiger partial charge in [-0.2, -0.15) is 10.4 Å². The number of hydrogen-bond acceptors (Lipinski definition) is 4. The molecular weight excluding hydrogens is 194 g/mol. The second-order valence-electron chi connectivity index (χ2n) is 3.05. The molecule has 1 rings (SSSR count). The van der Waals surface area contributed by atoms with Gasteiger partial charge in [-0.15, -0.1) is 16.9 Å². The number of rotatable bonds is 3. The van der Waals surface area contributed by atoms with Crippen LogP contribution in [0, 0.1) is 25.2 Å². The summed E-state index contributed by atoms with van der Waals surface area (Å²) in [5.41, 5.74) is 2.46. The molecule has 0 aromatic carbocycles. The first-order valence-corrected chi connectivity index (χ1v) is 5.56. The summed E-state index contributed by atoms with van der Waals surface area (Å²) in [7, 11) is 0. The summed E-state index contributed by atoms with van der Waals surface area (Å²) < 4.78 is 0. The van der Waals surface area contributed by atoms with Crippen LogP contribution in [0.3, 0.4) is 0 Å². The van der Waals surface area contributed by atoms with Crippen molar-refractivity contribution in [3.8, 4) is 6.07 Å². The van der Waals surface area contributed by atoms with Gasteiger partial charge in [0.2, 0.25) is 0 Å². The minimum absolute atomic E-state index is 0.677. The Hall–Kier alpha value is -1.08. The second kappa shape index (κ2) is 4.97. The summed E-state index contributed by atoms with van der Waals surface area (Å²) in [6, 6.07) is 2.19. The number of hydrogen-bond donors (Lipinski definition) is 0. The van der Waals surface area contributed by atoms with Crippen LogP contribution in [0.15, 0.2) is 5.03 Å². The van der Waals surface area contributed by atoms with E-state index in [1.54, 1.807) is 11.8 Å². The maximum Gasteiger partial charge on any atom is 0.137 e. The van der Waals surface area contributed by atoms with E-state index in [1.165, 1.54) is 0 Å². The summed E-state index contributed by atoms with van der Waals surface area (Å²) in [6.45, 7) is 5.89. The lowest BCUT2D eigenvalue weighted by atomic mass is 10.1. The molecule has 1 heterocycles. The first-order chi connectivity index (χ1) is 6.70. The van der Waals surface area contributed by atoms with E-state index in [4.69, 9.17) is 5.26 Å². The van der Waals surface area contributed by atoms with E-state index >= 15 is 0 Å². The molecule has 0 amide bonds. The maximum atomic E-state index is 8.99. The van der Waals surface area contributed by atoms with Gasteiger partial charge in [0.1, 0.15) is 11.1 Å².